The number of amides is 1. The summed E-state index contributed by atoms with van der Waals surface area (Å²) in [5.74, 6) is 0.312. The number of nitrogens with one attached hydrogen (secondary N) is 3. The largest absolute Gasteiger partial charge is 0.393 e. The Bertz CT molecular complexity index is 1000. The molecule has 2 aromatic carbocycles. The normalized spacial score (nSPS) is 10.2. The molecule has 0 radical (unpaired) electrons. The average molecular weight is 376 g/mol. The number of benzene rings is 2. The lowest BCUT2D eigenvalue weighted by molar-refractivity contribution is 0.0961. The third-order valence-electron chi connectivity index (χ3n) is 4.05. The van der Waals surface area contributed by atoms with Crippen LogP contribution in [0.25, 0.3) is 0 Å². The van der Waals surface area contributed by atoms with Crippen LogP contribution in [0.4, 0.5) is 23.0 Å². The minimum absolute atomic E-state index is 0.0103. The fraction of sp³-hybridized carbons (Fsp3) is 0.100. The summed E-state index contributed by atoms with van der Waals surface area (Å²) in [4.78, 5) is 31.7. The number of aryl methyl sites for hydroxylation is 1. The van der Waals surface area contributed by atoms with Crippen LogP contribution in [0.1, 0.15) is 33.2 Å². The maximum atomic E-state index is 12.2. The van der Waals surface area contributed by atoms with E-state index >= 15 is 0 Å². The van der Waals surface area contributed by atoms with Crippen molar-refractivity contribution in [2.45, 2.75) is 13.8 Å². The molecule has 0 saturated heterocycles. The Morgan fingerprint density at radius 3 is 2.14 bits per heavy atom. The topological polar surface area (TPSA) is 122 Å². The van der Waals surface area contributed by atoms with Crippen molar-refractivity contribution in [3.63, 3.8) is 0 Å². The van der Waals surface area contributed by atoms with Gasteiger partial charge in [0.25, 0.3) is 5.91 Å². The van der Waals surface area contributed by atoms with Gasteiger partial charge in [0.05, 0.1) is 0 Å². The molecule has 3 aromatic rings. The number of aromatic nitrogens is 2. The van der Waals surface area contributed by atoms with Gasteiger partial charge in [0.2, 0.25) is 0 Å². The predicted molar refractivity (Wildman–Crippen MR) is 108 cm³/mol. The summed E-state index contributed by atoms with van der Waals surface area (Å²) in [6.45, 7) is 3.46. The van der Waals surface area contributed by atoms with Crippen molar-refractivity contribution in [1.82, 2.24) is 15.4 Å². The van der Waals surface area contributed by atoms with Crippen LogP contribution >= 0.6 is 0 Å². The quantitative estimate of drug-likeness (QED) is 0.385. The van der Waals surface area contributed by atoms with E-state index in [0.717, 1.165) is 5.56 Å². The number of nitrogens with two attached hydrogens (primary N) is 1. The van der Waals surface area contributed by atoms with Crippen molar-refractivity contribution in [3.8, 4) is 0 Å². The number of anilines is 4. The van der Waals surface area contributed by atoms with E-state index in [1.165, 1.54) is 13.3 Å². The monoisotopic (exact) mass is 376 g/mol. The lowest BCUT2D eigenvalue weighted by atomic mass is 10.1. The van der Waals surface area contributed by atoms with Gasteiger partial charge in [-0.2, -0.15) is 0 Å². The Morgan fingerprint density at radius 2 is 1.50 bits per heavy atom. The summed E-state index contributed by atoms with van der Waals surface area (Å²) in [5, 5.41) is 3.06. The maximum absolute atomic E-state index is 12.2. The second-order valence-corrected chi connectivity index (χ2v) is 6.19. The third kappa shape index (κ3) is 4.42. The molecule has 3 rings (SSSR count). The fourth-order valence-corrected chi connectivity index (χ4v) is 2.41. The van der Waals surface area contributed by atoms with Crippen molar-refractivity contribution in [2.75, 3.05) is 16.5 Å². The Labute approximate surface area is 162 Å². The van der Waals surface area contributed by atoms with E-state index in [2.05, 4.69) is 26.1 Å². The predicted octanol–water partition coefficient (Wildman–Crippen LogP) is 3.07. The van der Waals surface area contributed by atoms with Crippen molar-refractivity contribution >= 4 is 34.7 Å². The zero-order valence-corrected chi connectivity index (χ0v) is 15.5. The average Bonchev–Trinajstić information content (AvgIpc) is 2.69. The van der Waals surface area contributed by atoms with Gasteiger partial charge in [-0.1, -0.05) is 17.7 Å². The highest BCUT2D eigenvalue weighted by Gasteiger charge is 2.11. The smallest absolute Gasteiger partial charge is 0.269 e. The molecule has 8 nitrogen and oxygen atoms in total. The first-order chi connectivity index (χ1) is 13.4. The van der Waals surface area contributed by atoms with Crippen LogP contribution in [-0.2, 0) is 0 Å². The van der Waals surface area contributed by atoms with Gasteiger partial charge in [0.1, 0.15) is 12.0 Å². The number of ketones is 1. The minimum atomic E-state index is -0.313. The zero-order valence-electron chi connectivity index (χ0n) is 15.5. The van der Waals surface area contributed by atoms with E-state index in [1.54, 1.807) is 36.4 Å². The Balaban J connectivity index is 1.69. The molecule has 0 atom stereocenters. The van der Waals surface area contributed by atoms with Gasteiger partial charge in [0, 0.05) is 16.8 Å². The first-order valence-electron chi connectivity index (χ1n) is 8.55. The number of hydrogen-bond acceptors (Lipinski definition) is 7. The van der Waals surface area contributed by atoms with Crippen molar-refractivity contribution in [1.29, 1.82) is 0 Å². The first kappa shape index (κ1) is 18.8. The molecule has 0 aliphatic heterocycles. The molecule has 0 unspecified atom stereocenters. The van der Waals surface area contributed by atoms with E-state index in [4.69, 9.17) is 5.73 Å². The van der Waals surface area contributed by atoms with E-state index in [1.807, 2.05) is 19.1 Å². The number of Topliss-reactive ketones (excluding diaryl/α,β-unsaturated/α-hetero) is 1. The lowest BCUT2D eigenvalue weighted by Crippen LogP contribution is -2.30. The molecule has 0 spiro atoms. The second-order valence-electron chi connectivity index (χ2n) is 6.19. The summed E-state index contributed by atoms with van der Waals surface area (Å²) in [6.07, 6.45) is 1.32. The number of carbonyl (C=O) groups excluding carboxylic acids is 2. The molecule has 8 heteroatoms. The van der Waals surface area contributed by atoms with Crippen LogP contribution in [0.15, 0.2) is 54.9 Å². The summed E-state index contributed by atoms with van der Waals surface area (Å²) < 4.78 is 0. The molecular formula is C20H20N6O2. The van der Waals surface area contributed by atoms with Crippen molar-refractivity contribution in [2.24, 2.45) is 0 Å². The maximum Gasteiger partial charge on any atom is 0.269 e. The fourth-order valence-electron chi connectivity index (χ4n) is 2.41. The van der Waals surface area contributed by atoms with Gasteiger partial charge in [-0.05, 0) is 50.2 Å². The SMILES string of the molecule is CC(=O)c1ccc(Nc2ncnc(NNC(=O)c3ccc(C)cc3)c2N)cc1. The Morgan fingerprint density at radius 1 is 0.893 bits per heavy atom. The molecular weight excluding hydrogens is 356 g/mol. The Hall–Kier alpha value is -3.94. The van der Waals surface area contributed by atoms with Gasteiger partial charge < -0.3 is 11.1 Å². The van der Waals surface area contributed by atoms with Crippen LogP contribution in [0, 0.1) is 6.92 Å². The first-order valence-corrected chi connectivity index (χ1v) is 8.55. The van der Waals surface area contributed by atoms with E-state index < -0.39 is 0 Å². The van der Waals surface area contributed by atoms with Gasteiger partial charge in [-0.3, -0.25) is 20.4 Å². The van der Waals surface area contributed by atoms with Crippen LogP contribution < -0.4 is 21.9 Å². The summed E-state index contributed by atoms with van der Waals surface area (Å²) in [6, 6.07) is 14.1. The number of carbonyl (C=O) groups is 2. The number of hydrogen-bond donors (Lipinski definition) is 4. The van der Waals surface area contributed by atoms with Gasteiger partial charge >= 0.3 is 0 Å². The van der Waals surface area contributed by atoms with Crippen LogP contribution in [0.2, 0.25) is 0 Å². The zero-order chi connectivity index (χ0) is 20.1. The number of nitrogen functional groups attached to an aromatic ring is 1. The van der Waals surface area contributed by atoms with E-state index in [0.29, 0.717) is 22.6 Å². The van der Waals surface area contributed by atoms with Gasteiger partial charge in [-0.25, -0.2) is 9.97 Å². The van der Waals surface area contributed by atoms with Crippen molar-refractivity contribution < 1.29 is 9.59 Å². The number of hydrazine groups is 1. The van der Waals surface area contributed by atoms with E-state index in [-0.39, 0.29) is 23.2 Å². The molecule has 0 aliphatic carbocycles. The second kappa shape index (κ2) is 8.17. The molecule has 1 amide bonds. The van der Waals surface area contributed by atoms with Gasteiger partial charge in [-0.15, -0.1) is 0 Å². The van der Waals surface area contributed by atoms with Crippen molar-refractivity contribution in [3.05, 3.63) is 71.5 Å². The lowest BCUT2D eigenvalue weighted by Gasteiger charge is -2.13. The third-order valence-corrected chi connectivity index (χ3v) is 4.05. The molecule has 0 bridgehead atoms. The molecule has 142 valence electrons. The molecule has 28 heavy (non-hydrogen) atoms. The highest BCUT2D eigenvalue weighted by molar-refractivity contribution is 5.95. The van der Waals surface area contributed by atoms with Crippen LogP contribution in [0.5, 0.6) is 0 Å². The molecule has 0 aliphatic rings. The highest BCUT2D eigenvalue weighted by atomic mass is 16.2. The summed E-state index contributed by atoms with van der Waals surface area (Å²) in [7, 11) is 0. The number of nitrogens with zero attached hydrogens (tertiary/aromatic N) is 2. The van der Waals surface area contributed by atoms with Crippen LogP contribution in [-0.4, -0.2) is 21.7 Å². The number of rotatable bonds is 6. The molecule has 0 saturated carbocycles. The molecule has 5 N–H and O–H groups in total. The molecule has 1 heterocycles. The Kier molecular flexibility index (Phi) is 5.50. The van der Waals surface area contributed by atoms with Gasteiger partial charge in [0.15, 0.2) is 17.4 Å². The van der Waals surface area contributed by atoms with E-state index in [9.17, 15) is 9.59 Å². The summed E-state index contributed by atoms with van der Waals surface area (Å²) >= 11 is 0. The minimum Gasteiger partial charge on any atom is -0.393 e. The molecule has 1 aromatic heterocycles. The summed E-state index contributed by atoms with van der Waals surface area (Å²) in [5.41, 5.74) is 14.5. The van der Waals surface area contributed by atoms with Crippen LogP contribution in [0.3, 0.4) is 0 Å². The highest BCUT2D eigenvalue weighted by Crippen LogP contribution is 2.25. The standard InChI is InChI=1S/C20H20N6O2/c1-12-3-5-15(6-4-12)20(28)26-25-19-17(21)18(22-11-23-19)24-16-9-7-14(8-10-16)13(2)27/h3-11H,21H2,1-2H3,(H,26,28)(H2,22,23,24,25). The molecule has 0 fully saturated rings.